The summed E-state index contributed by atoms with van der Waals surface area (Å²) in [6.45, 7) is 5.85. The van der Waals surface area contributed by atoms with E-state index in [1.54, 1.807) is 19.0 Å². The SMILES string of the molecule is CN(C)C(=O)C1CC=CCC1C(=O)NC(C)(C)C. The molecule has 0 fully saturated rings. The van der Waals surface area contributed by atoms with Crippen LogP contribution in [0, 0.1) is 11.8 Å². The summed E-state index contributed by atoms with van der Waals surface area (Å²) in [6.07, 6.45) is 5.28. The Morgan fingerprint density at radius 1 is 1.11 bits per heavy atom. The molecule has 4 heteroatoms. The number of hydrogen-bond acceptors (Lipinski definition) is 2. The van der Waals surface area contributed by atoms with Crippen LogP contribution in [0.25, 0.3) is 0 Å². The lowest BCUT2D eigenvalue weighted by atomic mass is 9.81. The van der Waals surface area contributed by atoms with Crippen molar-refractivity contribution >= 4 is 11.8 Å². The van der Waals surface area contributed by atoms with E-state index in [0.717, 1.165) is 0 Å². The van der Waals surface area contributed by atoms with E-state index in [-0.39, 0.29) is 29.2 Å². The molecule has 0 aromatic rings. The average molecular weight is 252 g/mol. The molecule has 0 bridgehead atoms. The zero-order valence-corrected chi connectivity index (χ0v) is 12.0. The second-order valence-corrected chi connectivity index (χ2v) is 6.13. The van der Waals surface area contributed by atoms with Gasteiger partial charge in [0.25, 0.3) is 0 Å². The molecule has 0 aromatic heterocycles. The molecule has 0 saturated carbocycles. The average Bonchev–Trinajstić information content (AvgIpc) is 2.25. The standard InChI is InChI=1S/C14H24N2O2/c1-14(2,3)15-12(17)10-8-6-7-9-11(10)13(18)16(4)5/h6-7,10-11H,8-9H2,1-5H3,(H,15,17). The predicted molar refractivity (Wildman–Crippen MR) is 71.9 cm³/mol. The van der Waals surface area contributed by atoms with Gasteiger partial charge in [-0.2, -0.15) is 0 Å². The van der Waals surface area contributed by atoms with Gasteiger partial charge in [0.15, 0.2) is 0 Å². The highest BCUT2D eigenvalue weighted by Gasteiger charge is 2.35. The fourth-order valence-electron chi connectivity index (χ4n) is 2.17. The van der Waals surface area contributed by atoms with Crippen molar-refractivity contribution in [2.75, 3.05) is 14.1 Å². The highest BCUT2D eigenvalue weighted by atomic mass is 16.2. The molecule has 0 aromatic carbocycles. The summed E-state index contributed by atoms with van der Waals surface area (Å²) in [6, 6.07) is 0. The zero-order chi connectivity index (χ0) is 13.9. The lowest BCUT2D eigenvalue weighted by Gasteiger charge is -2.31. The molecule has 18 heavy (non-hydrogen) atoms. The van der Waals surface area contributed by atoms with Gasteiger partial charge in [-0.15, -0.1) is 0 Å². The smallest absolute Gasteiger partial charge is 0.226 e. The third kappa shape index (κ3) is 3.86. The van der Waals surface area contributed by atoms with Crippen LogP contribution in [-0.4, -0.2) is 36.3 Å². The van der Waals surface area contributed by atoms with E-state index in [1.165, 1.54) is 0 Å². The van der Waals surface area contributed by atoms with Gasteiger partial charge in [-0.25, -0.2) is 0 Å². The van der Waals surface area contributed by atoms with Crippen molar-refractivity contribution in [3.05, 3.63) is 12.2 Å². The summed E-state index contributed by atoms with van der Waals surface area (Å²) >= 11 is 0. The molecular weight excluding hydrogens is 228 g/mol. The molecule has 0 heterocycles. The fraction of sp³-hybridized carbons (Fsp3) is 0.714. The summed E-state index contributed by atoms with van der Waals surface area (Å²) in [4.78, 5) is 25.9. The van der Waals surface area contributed by atoms with Crippen molar-refractivity contribution in [2.45, 2.75) is 39.2 Å². The minimum absolute atomic E-state index is 0.0212. The van der Waals surface area contributed by atoms with Gasteiger partial charge in [-0.3, -0.25) is 9.59 Å². The molecule has 1 rings (SSSR count). The topological polar surface area (TPSA) is 49.4 Å². The van der Waals surface area contributed by atoms with Crippen LogP contribution in [0.3, 0.4) is 0 Å². The van der Waals surface area contributed by atoms with E-state index >= 15 is 0 Å². The maximum atomic E-state index is 12.2. The third-order valence-electron chi connectivity index (χ3n) is 3.03. The Hall–Kier alpha value is -1.32. The number of allylic oxidation sites excluding steroid dienone is 2. The highest BCUT2D eigenvalue weighted by Crippen LogP contribution is 2.27. The lowest BCUT2D eigenvalue weighted by molar-refractivity contribution is -0.140. The number of rotatable bonds is 2. The normalized spacial score (nSPS) is 23.6. The summed E-state index contributed by atoms with van der Waals surface area (Å²) in [5, 5.41) is 2.97. The van der Waals surface area contributed by atoms with E-state index in [4.69, 9.17) is 0 Å². The molecule has 2 amide bonds. The van der Waals surface area contributed by atoms with Crippen molar-refractivity contribution in [1.29, 1.82) is 0 Å². The first kappa shape index (κ1) is 14.7. The molecule has 2 atom stereocenters. The number of carbonyl (C=O) groups is 2. The Labute approximate surface area is 109 Å². The van der Waals surface area contributed by atoms with Crippen molar-refractivity contribution in [3.8, 4) is 0 Å². The maximum absolute atomic E-state index is 12.2. The summed E-state index contributed by atoms with van der Waals surface area (Å²) in [5.74, 6) is -0.461. The van der Waals surface area contributed by atoms with Crippen LogP contribution in [-0.2, 0) is 9.59 Å². The molecule has 1 N–H and O–H groups in total. The maximum Gasteiger partial charge on any atom is 0.226 e. The molecule has 1 aliphatic carbocycles. The van der Waals surface area contributed by atoms with Crippen molar-refractivity contribution in [1.82, 2.24) is 10.2 Å². The van der Waals surface area contributed by atoms with Gasteiger partial charge in [0.05, 0.1) is 11.8 Å². The van der Waals surface area contributed by atoms with Crippen LogP contribution in [0.4, 0.5) is 0 Å². The van der Waals surface area contributed by atoms with Gasteiger partial charge in [0, 0.05) is 19.6 Å². The van der Waals surface area contributed by atoms with Gasteiger partial charge in [0.2, 0.25) is 11.8 Å². The minimum atomic E-state index is -0.260. The molecule has 4 nitrogen and oxygen atoms in total. The largest absolute Gasteiger partial charge is 0.351 e. The van der Waals surface area contributed by atoms with Crippen LogP contribution in [0.1, 0.15) is 33.6 Å². The van der Waals surface area contributed by atoms with E-state index in [9.17, 15) is 9.59 Å². The van der Waals surface area contributed by atoms with Crippen molar-refractivity contribution in [2.24, 2.45) is 11.8 Å². The van der Waals surface area contributed by atoms with Crippen molar-refractivity contribution < 1.29 is 9.59 Å². The fourth-order valence-corrected chi connectivity index (χ4v) is 2.17. The minimum Gasteiger partial charge on any atom is -0.351 e. The number of nitrogens with zero attached hydrogens (tertiary/aromatic N) is 1. The Morgan fingerprint density at radius 3 is 2.06 bits per heavy atom. The van der Waals surface area contributed by atoms with Crippen LogP contribution < -0.4 is 5.32 Å². The first-order valence-corrected chi connectivity index (χ1v) is 6.40. The van der Waals surface area contributed by atoms with E-state index in [0.29, 0.717) is 12.8 Å². The monoisotopic (exact) mass is 252 g/mol. The van der Waals surface area contributed by atoms with Crippen LogP contribution in [0.2, 0.25) is 0 Å². The van der Waals surface area contributed by atoms with E-state index in [2.05, 4.69) is 5.32 Å². The Morgan fingerprint density at radius 2 is 1.61 bits per heavy atom. The van der Waals surface area contributed by atoms with E-state index < -0.39 is 0 Å². The summed E-state index contributed by atoms with van der Waals surface area (Å²) in [7, 11) is 3.47. The molecule has 0 saturated heterocycles. The number of nitrogens with one attached hydrogen (secondary N) is 1. The van der Waals surface area contributed by atoms with Gasteiger partial charge >= 0.3 is 0 Å². The first-order valence-electron chi connectivity index (χ1n) is 6.40. The first-order chi connectivity index (χ1) is 8.22. The molecule has 2 unspecified atom stereocenters. The van der Waals surface area contributed by atoms with Crippen LogP contribution in [0.15, 0.2) is 12.2 Å². The predicted octanol–water partition coefficient (Wildman–Crippen LogP) is 1.57. The number of amides is 2. The zero-order valence-electron chi connectivity index (χ0n) is 12.0. The van der Waals surface area contributed by atoms with Gasteiger partial charge < -0.3 is 10.2 Å². The van der Waals surface area contributed by atoms with Gasteiger partial charge in [-0.05, 0) is 33.6 Å². The molecular formula is C14H24N2O2. The highest BCUT2D eigenvalue weighted by molar-refractivity contribution is 5.88. The quantitative estimate of drug-likeness (QED) is 0.758. The van der Waals surface area contributed by atoms with Crippen LogP contribution in [0.5, 0.6) is 0 Å². The third-order valence-corrected chi connectivity index (χ3v) is 3.03. The molecule has 102 valence electrons. The second-order valence-electron chi connectivity index (χ2n) is 6.13. The summed E-state index contributed by atoms with van der Waals surface area (Å²) < 4.78 is 0. The lowest BCUT2D eigenvalue weighted by Crippen LogP contribution is -2.48. The van der Waals surface area contributed by atoms with Gasteiger partial charge in [-0.1, -0.05) is 12.2 Å². The number of carbonyl (C=O) groups excluding carboxylic acids is 2. The Bertz CT molecular complexity index is 353. The molecule has 1 aliphatic rings. The van der Waals surface area contributed by atoms with Gasteiger partial charge in [0.1, 0.15) is 0 Å². The summed E-state index contributed by atoms with van der Waals surface area (Å²) in [5.41, 5.74) is -0.260. The Kier molecular flexibility index (Phi) is 4.54. The van der Waals surface area contributed by atoms with Crippen LogP contribution >= 0.6 is 0 Å². The molecule has 0 radical (unpaired) electrons. The molecule has 0 spiro atoms. The molecule has 0 aliphatic heterocycles. The Balaban J connectivity index is 2.81. The van der Waals surface area contributed by atoms with E-state index in [1.807, 2.05) is 32.9 Å². The van der Waals surface area contributed by atoms with Crippen molar-refractivity contribution in [3.63, 3.8) is 0 Å². The second kappa shape index (κ2) is 5.55. The number of hydrogen-bond donors (Lipinski definition) is 1.